The molecule has 0 heterocycles. The normalized spacial score (nSPS) is 42.9. The van der Waals surface area contributed by atoms with Crippen molar-refractivity contribution in [3.05, 3.63) is 0 Å². The lowest BCUT2D eigenvalue weighted by Gasteiger charge is -2.55. The average molecular weight is 251 g/mol. The zero-order valence-electron chi connectivity index (χ0n) is 11.3. The van der Waals surface area contributed by atoms with Crippen molar-refractivity contribution >= 4 is 5.91 Å². The fraction of sp³-hybridized carbons (Fsp3) is 0.933. The molecule has 4 bridgehead atoms. The average Bonchev–Trinajstić information content (AvgIpc) is 2.33. The summed E-state index contributed by atoms with van der Waals surface area (Å²) in [6, 6.07) is 0. The molecule has 0 radical (unpaired) electrons. The molecule has 0 aliphatic heterocycles. The number of nitrogens with one attached hydrogen (secondary N) is 1. The summed E-state index contributed by atoms with van der Waals surface area (Å²) in [4.78, 5) is 12.5. The largest absolute Gasteiger partial charge is 0.391 e. The Morgan fingerprint density at radius 2 is 1.72 bits per heavy atom. The van der Waals surface area contributed by atoms with Crippen LogP contribution in [0.4, 0.5) is 0 Å². The fourth-order valence-electron chi connectivity index (χ4n) is 4.93. The highest BCUT2D eigenvalue weighted by Crippen LogP contribution is 2.60. The van der Waals surface area contributed by atoms with Crippen molar-refractivity contribution < 1.29 is 9.90 Å². The summed E-state index contributed by atoms with van der Waals surface area (Å²) in [5.41, 5.74) is -0.0673. The molecule has 1 amide bonds. The molecule has 4 saturated carbocycles. The summed E-state index contributed by atoms with van der Waals surface area (Å²) in [6.07, 6.45) is 7.73. The molecular formula is C15H25NO2. The minimum absolute atomic E-state index is 0.0673. The molecule has 4 rings (SSSR count). The van der Waals surface area contributed by atoms with Crippen molar-refractivity contribution in [1.29, 1.82) is 0 Å². The van der Waals surface area contributed by atoms with Gasteiger partial charge in [-0.05, 0) is 62.7 Å². The molecular weight excluding hydrogens is 226 g/mol. The van der Waals surface area contributed by atoms with Crippen molar-refractivity contribution in [2.24, 2.45) is 23.2 Å². The Labute approximate surface area is 109 Å². The lowest BCUT2D eigenvalue weighted by atomic mass is 9.49. The standard InChI is InChI=1S/C15H25NO2/c1-2-13(17)9-16-14(18)15-6-10-3-11(7-15)5-12(4-10)8-15/h10-13,17H,2-9H2,1H3,(H,16,18). The van der Waals surface area contributed by atoms with Crippen LogP contribution in [0.1, 0.15) is 51.9 Å². The number of carbonyl (C=O) groups excluding carboxylic acids is 1. The van der Waals surface area contributed by atoms with E-state index in [1.807, 2.05) is 6.92 Å². The van der Waals surface area contributed by atoms with E-state index in [-0.39, 0.29) is 17.4 Å². The number of rotatable bonds is 4. The Kier molecular flexibility index (Phi) is 3.13. The van der Waals surface area contributed by atoms with Crippen LogP contribution in [0.25, 0.3) is 0 Å². The van der Waals surface area contributed by atoms with E-state index in [1.54, 1.807) is 0 Å². The monoisotopic (exact) mass is 251 g/mol. The summed E-state index contributed by atoms with van der Waals surface area (Å²) in [5, 5.41) is 12.6. The second kappa shape index (κ2) is 4.52. The van der Waals surface area contributed by atoms with Crippen LogP contribution in [0.3, 0.4) is 0 Å². The Bertz CT molecular complexity index is 304. The first kappa shape index (κ1) is 12.5. The van der Waals surface area contributed by atoms with Gasteiger partial charge in [0.25, 0.3) is 0 Å². The first-order valence-corrected chi connectivity index (χ1v) is 7.57. The maximum absolute atomic E-state index is 12.5. The van der Waals surface area contributed by atoms with E-state index in [2.05, 4.69) is 5.32 Å². The molecule has 1 atom stereocenters. The van der Waals surface area contributed by atoms with Crippen LogP contribution in [-0.4, -0.2) is 23.7 Å². The Balaban J connectivity index is 1.66. The van der Waals surface area contributed by atoms with Gasteiger partial charge in [0.2, 0.25) is 5.91 Å². The smallest absolute Gasteiger partial charge is 0.226 e. The van der Waals surface area contributed by atoms with Gasteiger partial charge in [-0.15, -0.1) is 0 Å². The second-order valence-electron chi connectivity index (χ2n) is 6.97. The van der Waals surface area contributed by atoms with Gasteiger partial charge in [-0.1, -0.05) is 6.92 Å². The Hall–Kier alpha value is -0.570. The lowest BCUT2D eigenvalue weighted by Crippen LogP contribution is -2.54. The summed E-state index contributed by atoms with van der Waals surface area (Å²) >= 11 is 0. The number of aliphatic hydroxyl groups excluding tert-OH is 1. The molecule has 0 aromatic carbocycles. The maximum Gasteiger partial charge on any atom is 0.226 e. The van der Waals surface area contributed by atoms with E-state index < -0.39 is 0 Å². The molecule has 102 valence electrons. The summed E-state index contributed by atoms with van der Waals surface area (Å²) in [6.45, 7) is 2.37. The van der Waals surface area contributed by atoms with Gasteiger partial charge in [0.1, 0.15) is 0 Å². The van der Waals surface area contributed by atoms with Crippen molar-refractivity contribution in [2.45, 2.75) is 58.0 Å². The van der Waals surface area contributed by atoms with Gasteiger partial charge in [-0.2, -0.15) is 0 Å². The van der Waals surface area contributed by atoms with Crippen molar-refractivity contribution in [1.82, 2.24) is 5.32 Å². The molecule has 4 fully saturated rings. The highest BCUT2D eigenvalue weighted by molar-refractivity contribution is 5.83. The van der Waals surface area contributed by atoms with Gasteiger partial charge in [0.15, 0.2) is 0 Å². The van der Waals surface area contributed by atoms with Crippen LogP contribution in [0.15, 0.2) is 0 Å². The molecule has 3 nitrogen and oxygen atoms in total. The van der Waals surface area contributed by atoms with E-state index in [0.717, 1.165) is 37.0 Å². The third-order valence-corrected chi connectivity index (χ3v) is 5.49. The van der Waals surface area contributed by atoms with E-state index in [4.69, 9.17) is 0 Å². The SMILES string of the molecule is CCC(O)CNC(=O)C12CC3CC(CC(C3)C1)C2. The van der Waals surface area contributed by atoms with Gasteiger partial charge in [0, 0.05) is 12.0 Å². The number of carbonyl (C=O) groups is 1. The molecule has 4 aliphatic rings. The third kappa shape index (κ3) is 2.07. The van der Waals surface area contributed by atoms with Gasteiger partial charge >= 0.3 is 0 Å². The van der Waals surface area contributed by atoms with Crippen LogP contribution < -0.4 is 5.32 Å². The predicted octanol–water partition coefficient (Wildman–Crippen LogP) is 2.09. The fourth-order valence-corrected chi connectivity index (χ4v) is 4.93. The highest BCUT2D eigenvalue weighted by Gasteiger charge is 2.54. The third-order valence-electron chi connectivity index (χ3n) is 5.49. The van der Waals surface area contributed by atoms with Crippen molar-refractivity contribution in [2.75, 3.05) is 6.54 Å². The van der Waals surface area contributed by atoms with Crippen molar-refractivity contribution in [3.63, 3.8) is 0 Å². The van der Waals surface area contributed by atoms with E-state index in [1.165, 1.54) is 19.3 Å². The van der Waals surface area contributed by atoms with Gasteiger partial charge in [-0.25, -0.2) is 0 Å². The zero-order valence-corrected chi connectivity index (χ0v) is 11.3. The minimum atomic E-state index is -0.386. The van der Waals surface area contributed by atoms with Gasteiger partial charge in [0.05, 0.1) is 6.10 Å². The van der Waals surface area contributed by atoms with Crippen LogP contribution in [0.5, 0.6) is 0 Å². The quantitative estimate of drug-likeness (QED) is 0.804. The lowest BCUT2D eigenvalue weighted by molar-refractivity contribution is -0.146. The van der Waals surface area contributed by atoms with Crippen LogP contribution in [0, 0.1) is 23.2 Å². The van der Waals surface area contributed by atoms with E-state index in [9.17, 15) is 9.90 Å². The topological polar surface area (TPSA) is 49.3 Å². The molecule has 1 unspecified atom stereocenters. The number of amides is 1. The van der Waals surface area contributed by atoms with Gasteiger partial charge in [-0.3, -0.25) is 4.79 Å². The molecule has 0 aromatic heterocycles. The summed E-state index contributed by atoms with van der Waals surface area (Å²) in [7, 11) is 0. The number of aliphatic hydroxyl groups is 1. The zero-order chi connectivity index (χ0) is 12.8. The molecule has 0 spiro atoms. The predicted molar refractivity (Wildman–Crippen MR) is 69.9 cm³/mol. The molecule has 0 saturated heterocycles. The molecule has 2 N–H and O–H groups in total. The number of hydrogen-bond acceptors (Lipinski definition) is 2. The molecule has 3 heteroatoms. The molecule has 4 aliphatic carbocycles. The van der Waals surface area contributed by atoms with Crippen molar-refractivity contribution in [3.8, 4) is 0 Å². The van der Waals surface area contributed by atoms with E-state index in [0.29, 0.717) is 13.0 Å². The highest BCUT2D eigenvalue weighted by atomic mass is 16.3. The summed E-state index contributed by atoms with van der Waals surface area (Å²) in [5.74, 6) is 2.64. The molecule has 18 heavy (non-hydrogen) atoms. The van der Waals surface area contributed by atoms with Gasteiger partial charge < -0.3 is 10.4 Å². The van der Waals surface area contributed by atoms with Crippen LogP contribution in [0.2, 0.25) is 0 Å². The minimum Gasteiger partial charge on any atom is -0.391 e. The Morgan fingerprint density at radius 1 is 1.22 bits per heavy atom. The molecule has 0 aromatic rings. The second-order valence-corrected chi connectivity index (χ2v) is 6.97. The first-order chi connectivity index (χ1) is 8.61. The van der Waals surface area contributed by atoms with E-state index >= 15 is 0 Å². The van der Waals surface area contributed by atoms with Crippen LogP contribution >= 0.6 is 0 Å². The maximum atomic E-state index is 12.5. The van der Waals surface area contributed by atoms with Crippen LogP contribution in [-0.2, 0) is 4.79 Å². The first-order valence-electron chi connectivity index (χ1n) is 7.57. The summed E-state index contributed by atoms with van der Waals surface area (Å²) < 4.78 is 0. The number of hydrogen-bond donors (Lipinski definition) is 2. The Morgan fingerprint density at radius 3 is 2.17 bits per heavy atom.